The lowest BCUT2D eigenvalue weighted by Crippen LogP contribution is -2.39. The van der Waals surface area contributed by atoms with E-state index in [9.17, 15) is 10.1 Å². The van der Waals surface area contributed by atoms with E-state index in [0.29, 0.717) is 19.4 Å². The Morgan fingerprint density at radius 3 is 2.47 bits per heavy atom. The maximum absolute atomic E-state index is 11.9. The summed E-state index contributed by atoms with van der Waals surface area (Å²) in [7, 11) is 0. The van der Waals surface area contributed by atoms with Gasteiger partial charge in [-0.1, -0.05) is 31.8 Å². The number of carbonyl (C=O) groups is 1. The minimum Gasteiger partial charge on any atom is -0.351 e. The fourth-order valence-electron chi connectivity index (χ4n) is 2.06. The molecule has 0 saturated heterocycles. The van der Waals surface area contributed by atoms with Gasteiger partial charge in [-0.25, -0.2) is 0 Å². The highest BCUT2D eigenvalue weighted by Gasteiger charge is 2.38. The summed E-state index contributed by atoms with van der Waals surface area (Å²) in [5.74, 6) is -0.119. The molecule has 0 bridgehead atoms. The van der Waals surface area contributed by atoms with E-state index in [2.05, 4.69) is 18.0 Å². The Labute approximate surface area is 91.2 Å². The maximum atomic E-state index is 11.9. The third kappa shape index (κ3) is 2.82. The number of rotatable bonds is 3. The molecule has 0 aromatic carbocycles. The highest BCUT2D eigenvalue weighted by atomic mass is 16.2. The second-order valence-corrected chi connectivity index (χ2v) is 4.11. The standard InChI is InChI=1S/C12H18N2O/c1-2-9-14-11(15)12(10-13)7-5-3-4-6-8-12/h2H,1,3-9H2,(H,14,15). The first kappa shape index (κ1) is 11.8. The van der Waals surface area contributed by atoms with Crippen LogP contribution in [0.5, 0.6) is 0 Å². The summed E-state index contributed by atoms with van der Waals surface area (Å²) >= 11 is 0. The lowest BCUT2D eigenvalue weighted by atomic mass is 9.81. The normalized spacial score (nSPS) is 19.7. The molecule has 15 heavy (non-hydrogen) atoms. The van der Waals surface area contributed by atoms with E-state index in [1.165, 1.54) is 0 Å². The molecule has 1 N–H and O–H groups in total. The molecular formula is C12H18N2O. The van der Waals surface area contributed by atoms with Gasteiger partial charge in [-0.3, -0.25) is 4.79 Å². The average Bonchev–Trinajstić information content (AvgIpc) is 2.52. The molecule has 1 aliphatic rings. The zero-order chi connectivity index (χ0) is 11.1. The number of hydrogen-bond acceptors (Lipinski definition) is 2. The molecule has 82 valence electrons. The zero-order valence-corrected chi connectivity index (χ0v) is 9.09. The van der Waals surface area contributed by atoms with Crippen molar-refractivity contribution in [1.82, 2.24) is 5.32 Å². The molecule has 0 aliphatic heterocycles. The van der Waals surface area contributed by atoms with Gasteiger partial charge in [0.05, 0.1) is 6.07 Å². The van der Waals surface area contributed by atoms with Crippen LogP contribution in [0.1, 0.15) is 38.5 Å². The number of carbonyl (C=O) groups excluding carboxylic acids is 1. The van der Waals surface area contributed by atoms with Gasteiger partial charge >= 0.3 is 0 Å². The van der Waals surface area contributed by atoms with Crippen LogP contribution in [0, 0.1) is 16.7 Å². The molecule has 0 heterocycles. The largest absolute Gasteiger partial charge is 0.351 e. The van der Waals surface area contributed by atoms with Crippen molar-refractivity contribution in [2.24, 2.45) is 5.41 Å². The van der Waals surface area contributed by atoms with Crippen LogP contribution in [0.3, 0.4) is 0 Å². The molecule has 1 aliphatic carbocycles. The number of nitrogens with one attached hydrogen (secondary N) is 1. The molecule has 0 unspecified atom stereocenters. The molecule has 3 nitrogen and oxygen atoms in total. The van der Waals surface area contributed by atoms with Crippen LogP contribution >= 0.6 is 0 Å². The Morgan fingerprint density at radius 1 is 1.40 bits per heavy atom. The Morgan fingerprint density at radius 2 is 2.00 bits per heavy atom. The van der Waals surface area contributed by atoms with Crippen molar-refractivity contribution in [2.45, 2.75) is 38.5 Å². The summed E-state index contributed by atoms with van der Waals surface area (Å²) in [5, 5.41) is 11.9. The third-order valence-corrected chi connectivity index (χ3v) is 3.01. The van der Waals surface area contributed by atoms with E-state index in [1.807, 2.05) is 0 Å². The van der Waals surface area contributed by atoms with Gasteiger partial charge in [0, 0.05) is 6.54 Å². The smallest absolute Gasteiger partial charge is 0.240 e. The van der Waals surface area contributed by atoms with E-state index in [4.69, 9.17) is 0 Å². The van der Waals surface area contributed by atoms with Gasteiger partial charge in [0.1, 0.15) is 5.41 Å². The number of amides is 1. The number of hydrogen-bond donors (Lipinski definition) is 1. The summed E-state index contributed by atoms with van der Waals surface area (Å²) in [6.07, 6.45) is 7.28. The van der Waals surface area contributed by atoms with Gasteiger partial charge in [-0.05, 0) is 12.8 Å². The minimum absolute atomic E-state index is 0.119. The van der Waals surface area contributed by atoms with E-state index in [-0.39, 0.29) is 5.91 Å². The van der Waals surface area contributed by atoms with Crippen molar-refractivity contribution in [3.63, 3.8) is 0 Å². The summed E-state index contributed by atoms with van der Waals surface area (Å²) in [6, 6.07) is 2.22. The molecule has 0 radical (unpaired) electrons. The summed E-state index contributed by atoms with van der Waals surface area (Å²) in [4.78, 5) is 11.9. The van der Waals surface area contributed by atoms with E-state index < -0.39 is 5.41 Å². The first-order valence-corrected chi connectivity index (χ1v) is 5.55. The minimum atomic E-state index is -0.778. The lowest BCUT2D eigenvalue weighted by Gasteiger charge is -2.23. The van der Waals surface area contributed by atoms with E-state index in [0.717, 1.165) is 25.7 Å². The van der Waals surface area contributed by atoms with Crippen LogP contribution in [0.15, 0.2) is 12.7 Å². The molecule has 0 atom stereocenters. The summed E-state index contributed by atoms with van der Waals surface area (Å²) in [6.45, 7) is 3.99. The molecule has 1 rings (SSSR count). The van der Waals surface area contributed by atoms with Crippen molar-refractivity contribution in [2.75, 3.05) is 6.54 Å². The molecule has 0 aromatic heterocycles. The van der Waals surface area contributed by atoms with E-state index >= 15 is 0 Å². The van der Waals surface area contributed by atoms with Gasteiger partial charge in [-0.15, -0.1) is 6.58 Å². The Kier molecular flexibility index (Phi) is 4.36. The van der Waals surface area contributed by atoms with Crippen molar-refractivity contribution in [3.8, 4) is 6.07 Å². The zero-order valence-electron chi connectivity index (χ0n) is 9.09. The van der Waals surface area contributed by atoms with Crippen LogP contribution in [0.25, 0.3) is 0 Å². The van der Waals surface area contributed by atoms with Crippen LogP contribution in [-0.2, 0) is 4.79 Å². The maximum Gasteiger partial charge on any atom is 0.240 e. The van der Waals surface area contributed by atoms with Crippen LogP contribution in [-0.4, -0.2) is 12.5 Å². The van der Waals surface area contributed by atoms with Crippen LogP contribution < -0.4 is 5.32 Å². The van der Waals surface area contributed by atoms with Crippen molar-refractivity contribution in [3.05, 3.63) is 12.7 Å². The highest BCUT2D eigenvalue weighted by molar-refractivity contribution is 5.85. The fraction of sp³-hybridized carbons (Fsp3) is 0.667. The van der Waals surface area contributed by atoms with Gasteiger partial charge in [0.2, 0.25) is 5.91 Å². The molecule has 1 fully saturated rings. The quantitative estimate of drug-likeness (QED) is 0.568. The van der Waals surface area contributed by atoms with Crippen molar-refractivity contribution < 1.29 is 4.79 Å². The van der Waals surface area contributed by atoms with Crippen LogP contribution in [0.4, 0.5) is 0 Å². The van der Waals surface area contributed by atoms with Crippen molar-refractivity contribution in [1.29, 1.82) is 5.26 Å². The van der Waals surface area contributed by atoms with Gasteiger partial charge in [0.25, 0.3) is 0 Å². The lowest BCUT2D eigenvalue weighted by molar-refractivity contribution is -0.128. The average molecular weight is 206 g/mol. The predicted octanol–water partition coefficient (Wildman–Crippen LogP) is 2.15. The molecule has 0 aromatic rings. The second kappa shape index (κ2) is 5.55. The Balaban J connectivity index is 2.69. The molecule has 3 heteroatoms. The number of nitriles is 1. The van der Waals surface area contributed by atoms with Gasteiger partial charge in [0.15, 0.2) is 0 Å². The third-order valence-electron chi connectivity index (χ3n) is 3.01. The Bertz CT molecular complexity index is 270. The molecule has 1 saturated carbocycles. The summed E-state index contributed by atoms with van der Waals surface area (Å²) < 4.78 is 0. The van der Waals surface area contributed by atoms with Crippen molar-refractivity contribution >= 4 is 5.91 Å². The highest BCUT2D eigenvalue weighted by Crippen LogP contribution is 2.34. The molecule has 1 amide bonds. The fourth-order valence-corrected chi connectivity index (χ4v) is 2.06. The topological polar surface area (TPSA) is 52.9 Å². The second-order valence-electron chi connectivity index (χ2n) is 4.11. The monoisotopic (exact) mass is 206 g/mol. The SMILES string of the molecule is C=CCNC(=O)C1(C#N)CCCCCC1. The molecular weight excluding hydrogens is 188 g/mol. The predicted molar refractivity (Wildman–Crippen MR) is 59.0 cm³/mol. The van der Waals surface area contributed by atoms with Gasteiger partial charge in [-0.2, -0.15) is 5.26 Å². The molecule has 0 spiro atoms. The first-order chi connectivity index (χ1) is 7.25. The number of nitrogens with zero attached hydrogens (tertiary/aromatic N) is 1. The first-order valence-electron chi connectivity index (χ1n) is 5.55. The Hall–Kier alpha value is -1.30. The summed E-state index contributed by atoms with van der Waals surface area (Å²) in [5.41, 5.74) is -0.778. The van der Waals surface area contributed by atoms with Gasteiger partial charge < -0.3 is 5.32 Å². The van der Waals surface area contributed by atoms with Crippen LogP contribution in [0.2, 0.25) is 0 Å². The van der Waals surface area contributed by atoms with E-state index in [1.54, 1.807) is 6.08 Å².